The Morgan fingerprint density at radius 2 is 0.839 bits per heavy atom. The lowest BCUT2D eigenvalue weighted by atomic mass is 10.1. The fourth-order valence-electron chi connectivity index (χ4n) is 10.4. The van der Waals surface area contributed by atoms with Gasteiger partial charge in [-0.15, -0.1) is 0 Å². The number of nitrogens with one attached hydrogen (secondary N) is 2. The monoisotopic (exact) mass is 1250 g/mol. The molecule has 2 N–H and O–H groups in total. The van der Waals surface area contributed by atoms with E-state index in [4.69, 9.17) is 46.1 Å². The first-order valence-electron chi connectivity index (χ1n) is 29.2. The molecule has 0 fully saturated rings. The molecule has 16 aromatic rings. The van der Waals surface area contributed by atoms with E-state index in [0.717, 1.165) is 77.6 Å². The lowest BCUT2D eigenvalue weighted by Gasteiger charge is -2.19. The Morgan fingerprint density at radius 1 is 0.366 bits per heavy atom. The second-order valence-corrected chi connectivity index (χ2v) is 21.0. The van der Waals surface area contributed by atoms with Crippen LogP contribution in [0.4, 0.5) is 0 Å². The third-order valence-corrected chi connectivity index (χ3v) is 14.6. The molecule has 26 nitrogen and oxygen atoms in total. The molecule has 26 heteroatoms. The molecule has 2 aliphatic heterocycles. The Bertz CT molecular complexity index is 5200. The molecule has 0 bridgehead atoms. The maximum Gasteiger partial charge on any atom is 0.231 e. The molecule has 466 valence electrons. The van der Waals surface area contributed by atoms with Crippen LogP contribution in [0.3, 0.4) is 0 Å². The summed E-state index contributed by atoms with van der Waals surface area (Å²) in [5, 5.41) is 28.0. The first-order valence-corrected chi connectivity index (χ1v) is 29.2. The molecule has 0 spiro atoms. The minimum Gasteiger partial charge on any atom is -0.486 e. The largest absolute Gasteiger partial charge is 0.486 e. The van der Waals surface area contributed by atoms with Gasteiger partial charge in [-0.3, -0.25) is 0 Å². The van der Waals surface area contributed by atoms with Crippen molar-refractivity contribution in [2.75, 3.05) is 20.0 Å². The van der Waals surface area contributed by atoms with Gasteiger partial charge in [-0.25, -0.2) is 0 Å². The number of nitrogens with zero attached hydrogens (tertiary/aromatic N) is 14. The molecule has 10 aromatic heterocycles. The molecular formula is C67H58N16O10. The molecule has 2 aliphatic rings. The first kappa shape index (κ1) is 59.5. The van der Waals surface area contributed by atoms with E-state index in [0.29, 0.717) is 95.0 Å². The van der Waals surface area contributed by atoms with E-state index in [-0.39, 0.29) is 6.79 Å². The Morgan fingerprint density at radius 3 is 1.45 bits per heavy atom. The fraction of sp³-hybridized carbons (Fsp3) is 0.164. The fourth-order valence-corrected chi connectivity index (χ4v) is 10.4. The number of para-hydroxylation sites is 5. The van der Waals surface area contributed by atoms with Crippen molar-refractivity contribution < 1.29 is 46.1 Å². The Balaban J connectivity index is 0.000000102. The first-order chi connectivity index (χ1) is 45.4. The molecule has 0 aliphatic carbocycles. The van der Waals surface area contributed by atoms with Crippen LogP contribution in [0, 0.1) is 41.5 Å². The Kier molecular flexibility index (Phi) is 16.8. The summed E-state index contributed by atoms with van der Waals surface area (Å²) in [6.45, 7) is 12.0. The molecule has 12 heterocycles. The van der Waals surface area contributed by atoms with Gasteiger partial charge in [0.15, 0.2) is 23.0 Å². The van der Waals surface area contributed by atoms with E-state index < -0.39 is 0 Å². The van der Waals surface area contributed by atoms with Crippen molar-refractivity contribution in [2.45, 2.75) is 41.5 Å². The van der Waals surface area contributed by atoms with E-state index in [1.807, 2.05) is 148 Å². The van der Waals surface area contributed by atoms with Crippen LogP contribution in [0.25, 0.3) is 112 Å². The Hall–Kier alpha value is -12.5. The number of aryl methyl sites for hydroxylation is 8. The highest BCUT2D eigenvalue weighted by atomic mass is 16.7. The zero-order valence-corrected chi connectivity index (χ0v) is 51.5. The average Bonchev–Trinajstić information content (AvgIpc) is 1.80. The molecule has 0 saturated heterocycles. The van der Waals surface area contributed by atoms with E-state index in [9.17, 15) is 0 Å². The van der Waals surface area contributed by atoms with Crippen molar-refractivity contribution in [2.24, 2.45) is 14.1 Å². The van der Waals surface area contributed by atoms with Gasteiger partial charge in [-0.05, 0) is 66.7 Å². The van der Waals surface area contributed by atoms with Crippen molar-refractivity contribution >= 4 is 43.6 Å². The topological polar surface area (TPSA) is 312 Å². The maximum atomic E-state index is 5.57. The predicted octanol–water partition coefficient (Wildman–Crippen LogP) is 13.7. The molecule has 0 atom stereocenters. The average molecular weight is 1250 g/mol. The Labute approximate surface area is 528 Å². The van der Waals surface area contributed by atoms with Crippen LogP contribution in [0.2, 0.25) is 0 Å². The van der Waals surface area contributed by atoms with Gasteiger partial charge in [-0.1, -0.05) is 97.7 Å². The molecule has 0 unspecified atom stereocenters. The number of benzene rings is 6. The molecule has 93 heavy (non-hydrogen) atoms. The number of rotatable bonds is 6. The number of fused-ring (bicyclic) bond motifs is 6. The van der Waals surface area contributed by atoms with Crippen LogP contribution >= 0.6 is 0 Å². The number of ether oxygens (including phenoxy) is 4. The van der Waals surface area contributed by atoms with Crippen molar-refractivity contribution in [3.8, 4) is 91.3 Å². The summed E-state index contributed by atoms with van der Waals surface area (Å²) in [7, 11) is 4.03. The number of H-pyrrole nitrogens is 2. The lowest BCUT2D eigenvalue weighted by molar-refractivity contribution is 0.172. The van der Waals surface area contributed by atoms with Crippen LogP contribution in [-0.4, -0.2) is 100.0 Å². The van der Waals surface area contributed by atoms with Gasteiger partial charge in [0.1, 0.15) is 13.2 Å². The van der Waals surface area contributed by atoms with Crippen LogP contribution in [-0.2, 0) is 14.1 Å². The second-order valence-electron chi connectivity index (χ2n) is 21.0. The van der Waals surface area contributed by atoms with Gasteiger partial charge in [0, 0.05) is 135 Å². The van der Waals surface area contributed by atoms with E-state index in [1.165, 1.54) is 10.9 Å². The summed E-state index contributed by atoms with van der Waals surface area (Å²) in [6.07, 6.45) is 7.86. The molecule has 0 radical (unpaired) electrons. The lowest BCUT2D eigenvalue weighted by Crippen LogP contribution is -2.15. The zero-order valence-electron chi connectivity index (χ0n) is 51.5. The standard InChI is InChI=1S/2C12H11N3O.2C11H9N3O.C11H10N2O3.C10H8N2O3/c1-8-13-12(14-16-8)10-4-3-5-11-9(10)6-7-15(11)2;1-8-13-12(14-16-8)10-5-3-4-9-6-7-15(2)11(9)10;1-7-13-11(14-15-7)9-4-2-3-8-5-6-12-10(8)9;1-7-13-11(14-15-7)9-6-12-10-5-3-2-4-8(9)10;1-7-12-11(13-16-7)8-3-2-4-9-10(8)15-6-5-14-9;1-6-11-10(12-15-6)7-3-2-4-8-9(7)14-5-13-8/h2*3-7H,1-2H3;2*2-6,12H,1H3;2-4H,5-6H2,1H3;2-4H,5H2,1H3. The number of aromatic nitrogens is 16. The third-order valence-electron chi connectivity index (χ3n) is 14.6. The highest BCUT2D eigenvalue weighted by Crippen LogP contribution is 2.41. The summed E-state index contributed by atoms with van der Waals surface area (Å²) in [4.78, 5) is 31.6. The van der Waals surface area contributed by atoms with Gasteiger partial charge in [0.05, 0.1) is 22.2 Å². The van der Waals surface area contributed by atoms with Crippen molar-refractivity contribution in [1.29, 1.82) is 0 Å². The predicted molar refractivity (Wildman–Crippen MR) is 341 cm³/mol. The molecule has 0 saturated carbocycles. The third kappa shape index (κ3) is 12.9. The van der Waals surface area contributed by atoms with Crippen LogP contribution in [0.5, 0.6) is 23.0 Å². The molecule has 0 amide bonds. The SMILES string of the molecule is Cc1nc(-c2c[nH]c3ccccc23)no1.Cc1nc(-c2cccc3c2OCCO3)no1.Cc1nc(-c2cccc3c2OCO3)no1.Cc1nc(-c2cccc3c2ccn3C)no1.Cc1nc(-c2cccc3cc[nH]c23)no1.Cc1nc(-c2cccc3ccn(C)c23)no1. The van der Waals surface area contributed by atoms with Gasteiger partial charge >= 0.3 is 0 Å². The highest BCUT2D eigenvalue weighted by molar-refractivity contribution is 5.96. The quantitative estimate of drug-likeness (QED) is 0.156. The summed E-state index contributed by atoms with van der Waals surface area (Å²) in [6, 6.07) is 43.6. The molecule has 18 rings (SSSR count). The van der Waals surface area contributed by atoms with Crippen LogP contribution < -0.4 is 18.9 Å². The number of hydrogen-bond donors (Lipinski definition) is 2. The van der Waals surface area contributed by atoms with Crippen molar-refractivity contribution in [1.82, 2.24) is 79.9 Å². The highest BCUT2D eigenvalue weighted by Gasteiger charge is 2.23. The van der Waals surface area contributed by atoms with Crippen molar-refractivity contribution in [3.05, 3.63) is 194 Å². The zero-order chi connectivity index (χ0) is 64.0. The summed E-state index contributed by atoms with van der Waals surface area (Å²) in [5.74, 6) is 9.80. The normalized spacial score (nSPS) is 11.9. The van der Waals surface area contributed by atoms with E-state index in [2.05, 4.69) is 104 Å². The van der Waals surface area contributed by atoms with Gasteiger partial charge in [0.2, 0.25) is 77.1 Å². The minimum absolute atomic E-state index is 0.239. The van der Waals surface area contributed by atoms with E-state index >= 15 is 0 Å². The van der Waals surface area contributed by atoms with Crippen LogP contribution in [0.1, 0.15) is 35.3 Å². The van der Waals surface area contributed by atoms with Gasteiger partial charge in [0.25, 0.3) is 0 Å². The number of aromatic amines is 2. The van der Waals surface area contributed by atoms with Gasteiger partial charge < -0.3 is 65.2 Å². The summed E-state index contributed by atoms with van der Waals surface area (Å²) >= 11 is 0. The maximum absolute atomic E-state index is 5.57. The van der Waals surface area contributed by atoms with Gasteiger partial charge in [-0.2, -0.15) is 29.9 Å². The smallest absolute Gasteiger partial charge is 0.231 e. The minimum atomic E-state index is 0.239. The molecular weight excluding hydrogens is 1190 g/mol. The summed E-state index contributed by atoms with van der Waals surface area (Å²) in [5.41, 5.74) is 9.96. The van der Waals surface area contributed by atoms with Crippen LogP contribution in [0.15, 0.2) is 185 Å². The van der Waals surface area contributed by atoms with E-state index in [1.54, 1.807) is 41.5 Å². The molecule has 6 aromatic carbocycles. The van der Waals surface area contributed by atoms with Crippen molar-refractivity contribution in [3.63, 3.8) is 0 Å². The summed E-state index contributed by atoms with van der Waals surface area (Å²) < 4.78 is 55.6. The number of hydrogen-bond acceptors (Lipinski definition) is 22. The second kappa shape index (κ2) is 26.3.